The predicted octanol–water partition coefficient (Wildman–Crippen LogP) is 4.23. The Labute approximate surface area is 172 Å². The second-order valence-corrected chi connectivity index (χ2v) is 6.66. The lowest BCUT2D eigenvalue weighted by atomic mass is 10.1. The van der Waals surface area contributed by atoms with E-state index in [1.807, 2.05) is 11.0 Å². The van der Waals surface area contributed by atoms with E-state index in [0.717, 1.165) is 25.9 Å². The van der Waals surface area contributed by atoms with Crippen LogP contribution in [-0.2, 0) is 4.74 Å². The Morgan fingerprint density at radius 2 is 1.59 bits per heavy atom. The molecule has 0 fully saturated rings. The topological polar surface area (TPSA) is 67.9 Å². The number of nitrogens with zero attached hydrogens (tertiary/aromatic N) is 1. The molecule has 0 aromatic heterocycles. The van der Waals surface area contributed by atoms with Gasteiger partial charge in [0.1, 0.15) is 12.4 Å². The van der Waals surface area contributed by atoms with Gasteiger partial charge in [-0.1, -0.05) is 26.0 Å². The Hall–Kier alpha value is -2.86. The van der Waals surface area contributed by atoms with E-state index in [-0.39, 0.29) is 11.8 Å². The molecule has 0 atom stereocenters. The molecule has 0 bridgehead atoms. The van der Waals surface area contributed by atoms with Crippen LogP contribution in [0.2, 0.25) is 0 Å². The summed E-state index contributed by atoms with van der Waals surface area (Å²) in [5.74, 6) is 0.253. The van der Waals surface area contributed by atoms with E-state index in [1.165, 1.54) is 0 Å². The van der Waals surface area contributed by atoms with Crippen LogP contribution in [0.5, 0.6) is 5.75 Å². The van der Waals surface area contributed by atoms with Crippen LogP contribution in [0.25, 0.3) is 0 Å². The maximum Gasteiger partial charge on any atom is 0.259 e. The van der Waals surface area contributed by atoms with Crippen LogP contribution in [0, 0.1) is 0 Å². The molecule has 0 aliphatic rings. The van der Waals surface area contributed by atoms with Crippen molar-refractivity contribution in [1.29, 1.82) is 0 Å². The molecule has 0 radical (unpaired) electrons. The third-order valence-electron chi connectivity index (χ3n) is 4.34. The summed E-state index contributed by atoms with van der Waals surface area (Å²) in [6.45, 7) is 6.41. The van der Waals surface area contributed by atoms with Crippen molar-refractivity contribution >= 4 is 17.5 Å². The molecule has 0 aliphatic heterocycles. The van der Waals surface area contributed by atoms with Crippen LogP contribution < -0.4 is 10.1 Å². The number of rotatable bonds is 11. The molecule has 156 valence electrons. The fourth-order valence-corrected chi connectivity index (χ4v) is 2.95. The highest BCUT2D eigenvalue weighted by atomic mass is 16.5. The van der Waals surface area contributed by atoms with Crippen LogP contribution in [0.4, 0.5) is 5.69 Å². The van der Waals surface area contributed by atoms with Crippen LogP contribution in [-0.4, -0.2) is 50.1 Å². The van der Waals surface area contributed by atoms with Gasteiger partial charge < -0.3 is 19.7 Å². The molecule has 2 aromatic rings. The molecular weight excluding hydrogens is 368 g/mol. The van der Waals surface area contributed by atoms with Crippen molar-refractivity contribution in [1.82, 2.24) is 4.90 Å². The molecule has 0 saturated heterocycles. The zero-order valence-electron chi connectivity index (χ0n) is 17.4. The summed E-state index contributed by atoms with van der Waals surface area (Å²) in [4.78, 5) is 27.2. The molecule has 2 aromatic carbocycles. The molecule has 6 nitrogen and oxygen atoms in total. The first-order chi connectivity index (χ1) is 14.1. The van der Waals surface area contributed by atoms with Gasteiger partial charge in [0, 0.05) is 31.5 Å². The smallest absolute Gasteiger partial charge is 0.259 e. The Kier molecular flexibility index (Phi) is 9.18. The minimum atomic E-state index is -0.268. The van der Waals surface area contributed by atoms with Crippen molar-refractivity contribution in [3.63, 3.8) is 0 Å². The van der Waals surface area contributed by atoms with E-state index in [2.05, 4.69) is 19.2 Å². The standard InChI is InChI=1S/C23H30N2O4/c1-4-14-25(15-5-2)23(27)18-10-12-19(13-11-18)24-22(26)20-8-6-7-9-21(20)29-17-16-28-3/h6-13H,4-5,14-17H2,1-3H3,(H,24,26). The van der Waals surface area contributed by atoms with Gasteiger partial charge in [-0.3, -0.25) is 9.59 Å². The Bertz CT molecular complexity index is 784. The second kappa shape index (κ2) is 11.9. The number of hydrogen-bond acceptors (Lipinski definition) is 4. The molecule has 1 N–H and O–H groups in total. The largest absolute Gasteiger partial charge is 0.490 e. The van der Waals surface area contributed by atoms with E-state index in [0.29, 0.717) is 35.8 Å². The average molecular weight is 399 g/mol. The summed E-state index contributed by atoms with van der Waals surface area (Å²) in [6.07, 6.45) is 1.84. The van der Waals surface area contributed by atoms with Crippen LogP contribution in [0.3, 0.4) is 0 Å². The van der Waals surface area contributed by atoms with Crippen LogP contribution in [0.1, 0.15) is 47.4 Å². The summed E-state index contributed by atoms with van der Waals surface area (Å²) in [5, 5.41) is 2.86. The number of amides is 2. The number of carbonyl (C=O) groups is 2. The van der Waals surface area contributed by atoms with Gasteiger partial charge in [-0.25, -0.2) is 0 Å². The maximum atomic E-state index is 12.7. The second-order valence-electron chi connectivity index (χ2n) is 6.66. The highest BCUT2D eigenvalue weighted by molar-refractivity contribution is 6.06. The van der Waals surface area contributed by atoms with Gasteiger partial charge in [-0.15, -0.1) is 0 Å². The number of carbonyl (C=O) groups excluding carboxylic acids is 2. The molecular formula is C23H30N2O4. The van der Waals surface area contributed by atoms with E-state index in [4.69, 9.17) is 9.47 Å². The minimum Gasteiger partial charge on any atom is -0.490 e. The molecule has 0 heterocycles. The number of anilines is 1. The van der Waals surface area contributed by atoms with E-state index in [1.54, 1.807) is 49.6 Å². The van der Waals surface area contributed by atoms with Crippen LogP contribution >= 0.6 is 0 Å². The zero-order chi connectivity index (χ0) is 21.1. The summed E-state index contributed by atoms with van der Waals surface area (Å²) in [6, 6.07) is 14.1. The normalized spacial score (nSPS) is 10.4. The van der Waals surface area contributed by atoms with Crippen molar-refractivity contribution in [2.24, 2.45) is 0 Å². The van der Waals surface area contributed by atoms with Crippen molar-refractivity contribution in [2.45, 2.75) is 26.7 Å². The molecule has 6 heteroatoms. The van der Waals surface area contributed by atoms with Gasteiger partial charge in [0.05, 0.1) is 12.2 Å². The highest BCUT2D eigenvalue weighted by Gasteiger charge is 2.15. The zero-order valence-corrected chi connectivity index (χ0v) is 17.4. The molecule has 2 amide bonds. The SMILES string of the molecule is CCCN(CCC)C(=O)c1ccc(NC(=O)c2ccccc2OCCOC)cc1. The monoisotopic (exact) mass is 398 g/mol. The number of hydrogen-bond donors (Lipinski definition) is 1. The van der Waals surface area contributed by atoms with Gasteiger partial charge in [0.15, 0.2) is 0 Å². The first-order valence-electron chi connectivity index (χ1n) is 10.0. The van der Waals surface area contributed by atoms with Gasteiger partial charge in [-0.2, -0.15) is 0 Å². The van der Waals surface area contributed by atoms with Gasteiger partial charge in [0.25, 0.3) is 11.8 Å². The molecule has 29 heavy (non-hydrogen) atoms. The minimum absolute atomic E-state index is 0.0171. The number of para-hydroxylation sites is 1. The number of benzene rings is 2. The third-order valence-corrected chi connectivity index (χ3v) is 4.34. The number of ether oxygens (including phenoxy) is 2. The first kappa shape index (κ1) is 22.4. The molecule has 2 rings (SSSR count). The molecule has 0 aliphatic carbocycles. The Balaban J connectivity index is 2.06. The van der Waals surface area contributed by atoms with Crippen LogP contribution in [0.15, 0.2) is 48.5 Å². The molecule has 0 saturated carbocycles. The molecule has 0 spiro atoms. The van der Waals surface area contributed by atoms with Gasteiger partial charge >= 0.3 is 0 Å². The first-order valence-corrected chi connectivity index (χ1v) is 10.0. The average Bonchev–Trinajstić information content (AvgIpc) is 2.74. The summed E-state index contributed by atoms with van der Waals surface area (Å²) >= 11 is 0. The fraction of sp³-hybridized carbons (Fsp3) is 0.391. The summed E-state index contributed by atoms with van der Waals surface area (Å²) in [7, 11) is 1.60. The number of methoxy groups -OCH3 is 1. The predicted molar refractivity (Wildman–Crippen MR) is 115 cm³/mol. The third kappa shape index (κ3) is 6.61. The lowest BCUT2D eigenvalue weighted by Gasteiger charge is -2.21. The van der Waals surface area contributed by atoms with E-state index < -0.39 is 0 Å². The van der Waals surface area contributed by atoms with Gasteiger partial charge in [0.2, 0.25) is 0 Å². The highest BCUT2D eigenvalue weighted by Crippen LogP contribution is 2.20. The van der Waals surface area contributed by atoms with E-state index in [9.17, 15) is 9.59 Å². The Morgan fingerprint density at radius 3 is 2.21 bits per heavy atom. The van der Waals surface area contributed by atoms with Gasteiger partial charge in [-0.05, 0) is 49.2 Å². The quantitative estimate of drug-likeness (QED) is 0.575. The van der Waals surface area contributed by atoms with Crippen molar-refractivity contribution < 1.29 is 19.1 Å². The maximum absolute atomic E-state index is 12.7. The molecule has 0 unspecified atom stereocenters. The lowest BCUT2D eigenvalue weighted by Crippen LogP contribution is -2.32. The lowest BCUT2D eigenvalue weighted by molar-refractivity contribution is 0.0755. The fourth-order valence-electron chi connectivity index (χ4n) is 2.95. The van der Waals surface area contributed by atoms with Crippen molar-refractivity contribution in [3.05, 3.63) is 59.7 Å². The van der Waals surface area contributed by atoms with Crippen molar-refractivity contribution in [2.75, 3.05) is 38.7 Å². The Morgan fingerprint density at radius 1 is 0.931 bits per heavy atom. The summed E-state index contributed by atoms with van der Waals surface area (Å²) in [5.41, 5.74) is 1.68. The van der Waals surface area contributed by atoms with E-state index >= 15 is 0 Å². The summed E-state index contributed by atoms with van der Waals surface area (Å²) < 4.78 is 10.6. The number of nitrogens with one attached hydrogen (secondary N) is 1. The van der Waals surface area contributed by atoms with Crippen molar-refractivity contribution in [3.8, 4) is 5.75 Å².